The third kappa shape index (κ3) is 8.04. The maximum atomic E-state index is 12.1. The fraction of sp³-hybridized carbons (Fsp3) is 0.556. The van der Waals surface area contributed by atoms with Gasteiger partial charge >= 0.3 is 5.97 Å². The number of hydrogen-bond acceptors (Lipinski definition) is 7. The van der Waals surface area contributed by atoms with Gasteiger partial charge in [0.15, 0.2) is 5.78 Å². The largest absolute Gasteiger partial charge is 0.459 e. The van der Waals surface area contributed by atoms with Crippen LogP contribution < -0.4 is 0 Å². The molecule has 0 saturated carbocycles. The molecule has 1 aromatic rings. The van der Waals surface area contributed by atoms with Gasteiger partial charge in [0, 0.05) is 20.7 Å². The summed E-state index contributed by atoms with van der Waals surface area (Å²) < 4.78 is 15.1. The summed E-state index contributed by atoms with van der Waals surface area (Å²) in [7, 11) is 2.95. The van der Waals surface area contributed by atoms with E-state index in [2.05, 4.69) is 0 Å². The first-order chi connectivity index (χ1) is 12.7. The van der Waals surface area contributed by atoms with Gasteiger partial charge in [0.25, 0.3) is 0 Å². The highest BCUT2D eigenvalue weighted by molar-refractivity contribution is 5.89. The molecule has 0 N–H and O–H groups in total. The van der Waals surface area contributed by atoms with Crippen LogP contribution in [0.3, 0.4) is 0 Å². The summed E-state index contributed by atoms with van der Waals surface area (Å²) in [6.07, 6.45) is -0.0673. The Labute approximate surface area is 158 Å². The summed E-state index contributed by atoms with van der Waals surface area (Å²) in [4.78, 5) is 49.9. The molecule has 0 aliphatic carbocycles. The molecule has 0 aliphatic heterocycles. The van der Waals surface area contributed by atoms with E-state index >= 15 is 0 Å². The summed E-state index contributed by atoms with van der Waals surface area (Å²) >= 11 is 0. The van der Waals surface area contributed by atoms with Crippen molar-refractivity contribution >= 4 is 23.6 Å². The number of carbonyl (C=O) groups is 4. The van der Waals surface area contributed by atoms with Crippen LogP contribution in [0, 0.1) is 6.92 Å². The zero-order valence-corrected chi connectivity index (χ0v) is 16.1. The second-order valence-electron chi connectivity index (χ2n) is 5.97. The van der Waals surface area contributed by atoms with Crippen molar-refractivity contribution in [2.45, 2.75) is 20.3 Å². The Kier molecular flexibility index (Phi) is 9.21. The molecule has 2 amide bonds. The Balaban J connectivity index is 2.33. The third-order valence-electron chi connectivity index (χ3n) is 3.60. The summed E-state index contributed by atoms with van der Waals surface area (Å²) in [6.45, 7) is 3.46. The minimum Gasteiger partial charge on any atom is -0.459 e. The van der Waals surface area contributed by atoms with E-state index in [0.717, 1.165) is 0 Å². The van der Waals surface area contributed by atoms with Gasteiger partial charge in [-0.05, 0) is 26.0 Å². The van der Waals surface area contributed by atoms with Crippen LogP contribution in [0.15, 0.2) is 16.5 Å². The number of likely N-dealkylation sites (N-methyl/N-ethyl adjacent to an activating group) is 2. The number of carbonyl (C=O) groups excluding carboxylic acids is 4. The van der Waals surface area contributed by atoms with Crippen molar-refractivity contribution in [3.63, 3.8) is 0 Å². The maximum Gasteiger partial charge on any atom is 0.374 e. The zero-order valence-electron chi connectivity index (χ0n) is 16.1. The van der Waals surface area contributed by atoms with E-state index in [-0.39, 0.29) is 56.1 Å². The molecule has 1 heterocycles. The quantitative estimate of drug-likeness (QED) is 0.518. The number of amides is 2. The van der Waals surface area contributed by atoms with Crippen LogP contribution in [0.2, 0.25) is 0 Å². The lowest BCUT2D eigenvalue weighted by Crippen LogP contribution is -2.42. The molecular weight excluding hydrogens is 356 g/mol. The van der Waals surface area contributed by atoms with Crippen molar-refractivity contribution in [2.75, 3.05) is 47.0 Å². The van der Waals surface area contributed by atoms with Crippen LogP contribution >= 0.6 is 0 Å². The number of ketones is 1. The lowest BCUT2D eigenvalue weighted by Gasteiger charge is -2.21. The first-order valence-electron chi connectivity index (χ1n) is 8.55. The van der Waals surface area contributed by atoms with Gasteiger partial charge in [-0.1, -0.05) is 0 Å². The topological polar surface area (TPSA) is 106 Å². The molecule has 0 aliphatic rings. The molecule has 0 bridgehead atoms. The number of rotatable bonds is 11. The number of aryl methyl sites for hydroxylation is 1. The molecule has 9 heteroatoms. The average molecular weight is 382 g/mol. The van der Waals surface area contributed by atoms with Crippen LogP contribution in [-0.4, -0.2) is 80.4 Å². The van der Waals surface area contributed by atoms with Gasteiger partial charge in [-0.3, -0.25) is 14.4 Å². The number of ether oxygens (including phenoxy) is 2. The Bertz CT molecular complexity index is 668. The van der Waals surface area contributed by atoms with E-state index in [1.807, 2.05) is 0 Å². The normalized spacial score (nSPS) is 10.4. The van der Waals surface area contributed by atoms with Crippen LogP contribution in [0.25, 0.3) is 0 Å². The van der Waals surface area contributed by atoms with Gasteiger partial charge in [-0.2, -0.15) is 0 Å². The minimum atomic E-state index is -0.651. The molecular formula is C18H26N2O7. The Morgan fingerprint density at radius 2 is 1.70 bits per heavy atom. The summed E-state index contributed by atoms with van der Waals surface area (Å²) in [5.41, 5.74) is 0. The van der Waals surface area contributed by atoms with Crippen LogP contribution in [0.5, 0.6) is 0 Å². The molecule has 0 atom stereocenters. The van der Waals surface area contributed by atoms with E-state index in [9.17, 15) is 19.2 Å². The molecule has 0 saturated heterocycles. The number of hydrogen-bond donors (Lipinski definition) is 0. The van der Waals surface area contributed by atoms with Crippen LogP contribution in [0.4, 0.5) is 0 Å². The number of furan rings is 1. The Hall–Kier alpha value is -2.68. The second kappa shape index (κ2) is 11.1. The fourth-order valence-corrected chi connectivity index (χ4v) is 2.06. The average Bonchev–Trinajstić information content (AvgIpc) is 3.05. The van der Waals surface area contributed by atoms with Crippen molar-refractivity contribution in [3.8, 4) is 0 Å². The van der Waals surface area contributed by atoms with Crippen molar-refractivity contribution in [1.82, 2.24) is 9.80 Å². The minimum absolute atomic E-state index is 0.0521. The van der Waals surface area contributed by atoms with E-state index in [0.29, 0.717) is 12.4 Å². The summed E-state index contributed by atoms with van der Waals surface area (Å²) in [5, 5.41) is 0. The fourth-order valence-electron chi connectivity index (χ4n) is 2.06. The molecule has 9 nitrogen and oxygen atoms in total. The molecule has 1 aromatic heterocycles. The predicted octanol–water partition coefficient (Wildman–Crippen LogP) is 0.657. The van der Waals surface area contributed by atoms with E-state index < -0.39 is 5.97 Å². The lowest BCUT2D eigenvalue weighted by molar-refractivity contribution is -0.140. The maximum absolute atomic E-state index is 12.1. The number of esters is 1. The molecule has 0 fully saturated rings. The number of Topliss-reactive ketones (excluding diaryl/α,β-unsaturated/α-hetero) is 1. The van der Waals surface area contributed by atoms with Gasteiger partial charge < -0.3 is 23.7 Å². The molecule has 0 spiro atoms. The third-order valence-corrected chi connectivity index (χ3v) is 3.60. The van der Waals surface area contributed by atoms with E-state index in [4.69, 9.17) is 13.9 Å². The van der Waals surface area contributed by atoms with Crippen molar-refractivity contribution < 1.29 is 33.1 Å². The molecule has 0 aromatic carbocycles. The molecule has 27 heavy (non-hydrogen) atoms. The Morgan fingerprint density at radius 1 is 1.04 bits per heavy atom. The monoisotopic (exact) mass is 382 g/mol. The smallest absolute Gasteiger partial charge is 0.374 e. The standard InChI is InChI=1S/C18H26N2O7/c1-5-25-12-14(21)10-19(3)17(23)11-20(4)16(22)8-9-26-18(24)15-7-6-13(2)27-15/h6-7H,5,8-12H2,1-4H3. The first-order valence-corrected chi connectivity index (χ1v) is 8.55. The number of nitrogens with zero attached hydrogens (tertiary/aromatic N) is 2. The Morgan fingerprint density at radius 3 is 2.30 bits per heavy atom. The van der Waals surface area contributed by atoms with Gasteiger partial charge in [-0.15, -0.1) is 0 Å². The van der Waals surface area contributed by atoms with Gasteiger partial charge in [0.1, 0.15) is 19.0 Å². The second-order valence-corrected chi connectivity index (χ2v) is 5.97. The van der Waals surface area contributed by atoms with Crippen LogP contribution in [0.1, 0.15) is 29.7 Å². The van der Waals surface area contributed by atoms with Gasteiger partial charge in [0.2, 0.25) is 17.6 Å². The molecule has 1 rings (SSSR count). The van der Waals surface area contributed by atoms with Gasteiger partial charge in [0.05, 0.1) is 19.5 Å². The summed E-state index contributed by atoms with van der Waals surface area (Å²) in [6, 6.07) is 3.13. The first kappa shape index (κ1) is 22.4. The zero-order chi connectivity index (χ0) is 20.4. The van der Waals surface area contributed by atoms with E-state index in [1.165, 1.54) is 30.0 Å². The highest BCUT2D eigenvalue weighted by Crippen LogP contribution is 2.08. The van der Waals surface area contributed by atoms with Crippen molar-refractivity contribution in [1.29, 1.82) is 0 Å². The molecule has 150 valence electrons. The highest BCUT2D eigenvalue weighted by atomic mass is 16.5. The lowest BCUT2D eigenvalue weighted by atomic mass is 10.3. The van der Waals surface area contributed by atoms with Crippen molar-refractivity contribution in [2.24, 2.45) is 0 Å². The van der Waals surface area contributed by atoms with Gasteiger partial charge in [-0.25, -0.2) is 4.79 Å². The van der Waals surface area contributed by atoms with E-state index in [1.54, 1.807) is 19.9 Å². The molecule has 0 unspecified atom stereocenters. The summed E-state index contributed by atoms with van der Waals surface area (Å²) in [5.74, 6) is -0.953. The van der Waals surface area contributed by atoms with Crippen LogP contribution in [-0.2, 0) is 23.9 Å². The SMILES string of the molecule is CCOCC(=O)CN(C)C(=O)CN(C)C(=O)CCOC(=O)c1ccc(C)o1. The molecule has 0 radical (unpaired) electrons. The predicted molar refractivity (Wildman–Crippen MR) is 95.1 cm³/mol. The highest BCUT2D eigenvalue weighted by Gasteiger charge is 2.19. The van der Waals surface area contributed by atoms with Crippen molar-refractivity contribution in [3.05, 3.63) is 23.7 Å².